The molecular formula is C11H20N2O6. The minimum absolute atomic E-state index is 0.00862. The molecule has 1 rings (SSSR count). The average Bonchev–Trinajstić information content (AvgIpc) is 2.49. The summed E-state index contributed by atoms with van der Waals surface area (Å²) < 4.78 is 9.91. The summed E-state index contributed by atoms with van der Waals surface area (Å²) in [5, 5.41) is 21.6. The maximum absolute atomic E-state index is 11.3. The van der Waals surface area contributed by atoms with Crippen molar-refractivity contribution in [1.29, 1.82) is 0 Å². The first-order valence-corrected chi connectivity index (χ1v) is 5.95. The molecule has 1 saturated heterocycles. The zero-order valence-corrected chi connectivity index (χ0v) is 10.9. The van der Waals surface area contributed by atoms with Crippen LogP contribution in [0.25, 0.3) is 0 Å². The highest BCUT2D eigenvalue weighted by atomic mass is 16.5. The molecule has 0 radical (unpaired) electrons. The maximum atomic E-state index is 11.3. The summed E-state index contributed by atoms with van der Waals surface area (Å²) in [5.74, 6) is -1.31. The first-order valence-electron chi connectivity index (χ1n) is 5.95. The van der Waals surface area contributed by atoms with Crippen LogP contribution in [0.4, 0.5) is 0 Å². The molecule has 8 nitrogen and oxygen atoms in total. The van der Waals surface area contributed by atoms with Crippen LogP contribution in [0.2, 0.25) is 0 Å². The fourth-order valence-electron chi connectivity index (χ4n) is 1.88. The molecular weight excluding hydrogens is 256 g/mol. The predicted octanol–water partition coefficient (Wildman–Crippen LogP) is -2.10. The van der Waals surface area contributed by atoms with Gasteiger partial charge in [0, 0.05) is 26.7 Å². The van der Waals surface area contributed by atoms with Gasteiger partial charge in [-0.3, -0.25) is 14.5 Å². The lowest BCUT2D eigenvalue weighted by atomic mass is 10.1. The number of hydrogen-bond acceptors (Lipinski definition) is 6. The summed E-state index contributed by atoms with van der Waals surface area (Å²) in [6, 6.07) is 0. The Labute approximate surface area is 111 Å². The molecule has 1 aliphatic heterocycles. The minimum atomic E-state index is -1.30. The third kappa shape index (κ3) is 5.97. The van der Waals surface area contributed by atoms with Gasteiger partial charge in [-0.15, -0.1) is 0 Å². The Morgan fingerprint density at radius 2 is 2.26 bits per heavy atom. The quantitative estimate of drug-likeness (QED) is 0.510. The molecule has 0 bridgehead atoms. The van der Waals surface area contributed by atoms with Gasteiger partial charge in [0.15, 0.2) is 0 Å². The molecule has 1 amide bonds. The summed E-state index contributed by atoms with van der Waals surface area (Å²) >= 11 is 0. The maximum Gasteiger partial charge on any atom is 0.317 e. The van der Waals surface area contributed by atoms with E-state index in [0.717, 1.165) is 0 Å². The van der Waals surface area contributed by atoms with Gasteiger partial charge in [0.1, 0.15) is 12.2 Å². The molecule has 0 spiro atoms. The van der Waals surface area contributed by atoms with Crippen molar-refractivity contribution in [3.05, 3.63) is 0 Å². The molecule has 19 heavy (non-hydrogen) atoms. The monoisotopic (exact) mass is 276 g/mol. The van der Waals surface area contributed by atoms with Crippen molar-refractivity contribution in [2.75, 3.05) is 53.1 Å². The topological polar surface area (TPSA) is 108 Å². The third-order valence-corrected chi connectivity index (χ3v) is 2.69. The highest BCUT2D eigenvalue weighted by Gasteiger charge is 2.33. The molecule has 110 valence electrons. The van der Waals surface area contributed by atoms with Gasteiger partial charge in [0.2, 0.25) is 5.91 Å². The molecule has 1 atom stereocenters. The minimum Gasteiger partial charge on any atom is -0.480 e. The van der Waals surface area contributed by atoms with E-state index in [4.69, 9.17) is 9.84 Å². The van der Waals surface area contributed by atoms with Crippen molar-refractivity contribution in [2.24, 2.45) is 0 Å². The van der Waals surface area contributed by atoms with Crippen molar-refractivity contribution >= 4 is 11.9 Å². The first kappa shape index (κ1) is 15.8. The Kier molecular flexibility index (Phi) is 6.16. The second-order valence-corrected chi connectivity index (χ2v) is 4.59. The van der Waals surface area contributed by atoms with Crippen molar-refractivity contribution in [3.8, 4) is 0 Å². The van der Waals surface area contributed by atoms with Crippen molar-refractivity contribution in [1.82, 2.24) is 10.2 Å². The molecule has 1 fully saturated rings. The largest absolute Gasteiger partial charge is 0.480 e. The number of carboxylic acids is 1. The lowest BCUT2D eigenvalue weighted by Gasteiger charge is -2.30. The van der Waals surface area contributed by atoms with Gasteiger partial charge in [-0.05, 0) is 0 Å². The van der Waals surface area contributed by atoms with E-state index >= 15 is 0 Å². The van der Waals surface area contributed by atoms with Gasteiger partial charge in [-0.2, -0.15) is 0 Å². The lowest BCUT2D eigenvalue weighted by molar-refractivity contribution is -0.139. The highest BCUT2D eigenvalue weighted by molar-refractivity contribution is 5.77. The second kappa shape index (κ2) is 7.39. The third-order valence-electron chi connectivity index (χ3n) is 2.69. The van der Waals surface area contributed by atoms with Crippen molar-refractivity contribution < 1.29 is 29.3 Å². The number of nitrogens with one attached hydrogen (secondary N) is 1. The fourth-order valence-corrected chi connectivity index (χ4v) is 1.88. The highest BCUT2D eigenvalue weighted by Crippen LogP contribution is 2.11. The number of aliphatic carboxylic acids is 1. The van der Waals surface area contributed by atoms with Crippen LogP contribution in [0.15, 0.2) is 0 Å². The SMILES string of the molecule is COCC(=O)NCC1(O)COCCN(CC(=O)O)C1. The fraction of sp³-hybridized carbons (Fsp3) is 0.818. The Balaban J connectivity index is 2.51. The van der Waals surface area contributed by atoms with Crippen LogP contribution in [0.5, 0.6) is 0 Å². The van der Waals surface area contributed by atoms with E-state index in [0.29, 0.717) is 13.2 Å². The summed E-state index contributed by atoms with van der Waals surface area (Å²) in [6.45, 7) is 0.698. The molecule has 0 aromatic heterocycles. The Morgan fingerprint density at radius 1 is 1.53 bits per heavy atom. The first-order chi connectivity index (χ1) is 8.95. The normalized spacial score (nSPS) is 24.7. The molecule has 8 heteroatoms. The molecule has 1 heterocycles. The van der Waals surface area contributed by atoms with Gasteiger partial charge >= 0.3 is 5.97 Å². The molecule has 0 aliphatic carbocycles. The zero-order valence-electron chi connectivity index (χ0n) is 10.9. The van der Waals surface area contributed by atoms with Crippen LogP contribution in [0, 0.1) is 0 Å². The molecule has 0 aromatic rings. The average molecular weight is 276 g/mol. The van der Waals surface area contributed by atoms with Gasteiger partial charge in [-0.1, -0.05) is 0 Å². The van der Waals surface area contributed by atoms with E-state index in [1.54, 1.807) is 4.90 Å². The molecule has 0 saturated carbocycles. The molecule has 3 N–H and O–H groups in total. The standard InChI is InChI=1S/C11H20N2O6/c1-18-5-9(14)12-6-11(17)7-13(4-10(15)16)2-3-19-8-11/h17H,2-8H2,1H3,(H,12,14)(H,15,16). The number of nitrogens with zero attached hydrogens (tertiary/aromatic N) is 1. The summed E-state index contributed by atoms with van der Waals surface area (Å²) in [6.07, 6.45) is 0. The van der Waals surface area contributed by atoms with Crippen LogP contribution in [0.1, 0.15) is 0 Å². The summed E-state index contributed by atoms with van der Waals surface area (Å²) in [4.78, 5) is 23.6. The van der Waals surface area contributed by atoms with Crippen LogP contribution in [-0.2, 0) is 19.1 Å². The number of hydrogen-bond donors (Lipinski definition) is 3. The Morgan fingerprint density at radius 3 is 2.89 bits per heavy atom. The number of rotatable bonds is 6. The molecule has 0 aromatic carbocycles. The Hall–Kier alpha value is -1.22. The summed E-state index contributed by atoms with van der Waals surface area (Å²) in [7, 11) is 1.40. The molecule has 1 unspecified atom stereocenters. The van der Waals surface area contributed by atoms with Crippen molar-refractivity contribution in [3.63, 3.8) is 0 Å². The Bertz CT molecular complexity index is 324. The van der Waals surface area contributed by atoms with Crippen LogP contribution < -0.4 is 5.32 Å². The second-order valence-electron chi connectivity index (χ2n) is 4.59. The number of amides is 1. The number of carbonyl (C=O) groups excluding carboxylic acids is 1. The summed E-state index contributed by atoms with van der Waals surface area (Å²) in [5.41, 5.74) is -1.30. The van der Waals surface area contributed by atoms with E-state index < -0.39 is 11.6 Å². The zero-order chi connectivity index (χ0) is 14.3. The van der Waals surface area contributed by atoms with Gasteiger partial charge in [-0.25, -0.2) is 0 Å². The van der Waals surface area contributed by atoms with Crippen LogP contribution in [-0.4, -0.2) is 85.7 Å². The predicted molar refractivity (Wildman–Crippen MR) is 64.7 cm³/mol. The number of methoxy groups -OCH3 is 1. The number of aliphatic hydroxyl groups is 1. The van der Waals surface area contributed by atoms with Crippen LogP contribution in [0.3, 0.4) is 0 Å². The van der Waals surface area contributed by atoms with Gasteiger partial charge in [0.25, 0.3) is 0 Å². The molecule has 1 aliphatic rings. The van der Waals surface area contributed by atoms with E-state index in [1.165, 1.54) is 7.11 Å². The van der Waals surface area contributed by atoms with E-state index in [-0.39, 0.29) is 38.8 Å². The van der Waals surface area contributed by atoms with Gasteiger partial charge in [0.05, 0.1) is 19.8 Å². The lowest BCUT2D eigenvalue weighted by Crippen LogP contribution is -2.53. The van der Waals surface area contributed by atoms with Gasteiger partial charge < -0.3 is 25.0 Å². The number of carbonyl (C=O) groups is 2. The van der Waals surface area contributed by atoms with E-state index in [2.05, 4.69) is 10.1 Å². The van der Waals surface area contributed by atoms with Crippen molar-refractivity contribution in [2.45, 2.75) is 5.60 Å². The van der Waals surface area contributed by atoms with E-state index in [9.17, 15) is 14.7 Å². The number of carboxylic acid groups (broad SMARTS) is 1. The number of β-amino-alcohol motifs (C(OH)–C–C–N with tert-alkyl or cyclic N) is 1. The number of ether oxygens (including phenoxy) is 2. The van der Waals surface area contributed by atoms with Crippen LogP contribution >= 0.6 is 0 Å². The smallest absolute Gasteiger partial charge is 0.317 e. The van der Waals surface area contributed by atoms with E-state index in [1.807, 2.05) is 0 Å².